The van der Waals surface area contributed by atoms with Gasteiger partial charge in [0.2, 0.25) is 0 Å². The number of anilines is 1. The lowest BCUT2D eigenvalue weighted by Gasteiger charge is -2.30. The summed E-state index contributed by atoms with van der Waals surface area (Å²) in [4.78, 5) is 2.33. The van der Waals surface area contributed by atoms with Gasteiger partial charge in [0.05, 0.1) is 5.69 Å². The Labute approximate surface area is 97.1 Å². The van der Waals surface area contributed by atoms with Crippen molar-refractivity contribution in [3.8, 4) is 0 Å². The standard InChI is InChI=1S/C12H20N4/c1-10-5-7-16(8-6-10)12-4-3-11(9-13-2)14-15-12/h3-4,10,13H,5-9H2,1-2H3. The van der Waals surface area contributed by atoms with Crippen molar-refractivity contribution in [1.29, 1.82) is 0 Å². The Hall–Kier alpha value is -1.16. The maximum atomic E-state index is 4.28. The molecular weight excluding hydrogens is 200 g/mol. The van der Waals surface area contributed by atoms with Gasteiger partial charge in [-0.3, -0.25) is 0 Å². The Bertz CT molecular complexity index is 314. The van der Waals surface area contributed by atoms with Crippen molar-refractivity contribution in [2.75, 3.05) is 25.0 Å². The Morgan fingerprint density at radius 3 is 2.62 bits per heavy atom. The summed E-state index contributed by atoms with van der Waals surface area (Å²) in [5.74, 6) is 1.87. The van der Waals surface area contributed by atoms with Crippen LogP contribution >= 0.6 is 0 Å². The molecule has 0 radical (unpaired) electrons. The lowest BCUT2D eigenvalue weighted by Crippen LogP contribution is -2.33. The van der Waals surface area contributed by atoms with Gasteiger partial charge < -0.3 is 10.2 Å². The number of hydrogen-bond acceptors (Lipinski definition) is 4. The summed E-state index contributed by atoms with van der Waals surface area (Å²) < 4.78 is 0. The molecule has 0 aliphatic carbocycles. The zero-order valence-corrected chi connectivity index (χ0v) is 10.1. The van der Waals surface area contributed by atoms with E-state index in [0.717, 1.165) is 37.1 Å². The van der Waals surface area contributed by atoms with Gasteiger partial charge >= 0.3 is 0 Å². The highest BCUT2D eigenvalue weighted by molar-refractivity contribution is 5.37. The minimum atomic E-state index is 0.782. The van der Waals surface area contributed by atoms with Crippen molar-refractivity contribution in [3.63, 3.8) is 0 Å². The zero-order chi connectivity index (χ0) is 11.4. The highest BCUT2D eigenvalue weighted by Gasteiger charge is 2.16. The van der Waals surface area contributed by atoms with Gasteiger partial charge in [0, 0.05) is 19.6 Å². The molecule has 1 aromatic rings. The van der Waals surface area contributed by atoms with E-state index >= 15 is 0 Å². The average Bonchev–Trinajstić information content (AvgIpc) is 2.32. The predicted molar refractivity (Wildman–Crippen MR) is 65.4 cm³/mol. The summed E-state index contributed by atoms with van der Waals surface area (Å²) in [6.45, 7) is 5.33. The highest BCUT2D eigenvalue weighted by Crippen LogP contribution is 2.20. The van der Waals surface area contributed by atoms with Crippen LogP contribution in [0.5, 0.6) is 0 Å². The Balaban J connectivity index is 1.98. The first-order chi connectivity index (χ1) is 7.79. The molecule has 0 bridgehead atoms. The van der Waals surface area contributed by atoms with Gasteiger partial charge in [0.15, 0.2) is 5.82 Å². The van der Waals surface area contributed by atoms with Crippen LogP contribution in [-0.2, 0) is 6.54 Å². The average molecular weight is 220 g/mol. The van der Waals surface area contributed by atoms with E-state index in [9.17, 15) is 0 Å². The lowest BCUT2D eigenvalue weighted by molar-refractivity contribution is 0.435. The van der Waals surface area contributed by atoms with Crippen LogP contribution < -0.4 is 10.2 Å². The van der Waals surface area contributed by atoms with E-state index in [2.05, 4.69) is 39.5 Å². The summed E-state index contributed by atoms with van der Waals surface area (Å²) in [6.07, 6.45) is 2.53. The fourth-order valence-electron chi connectivity index (χ4n) is 2.03. The van der Waals surface area contributed by atoms with Gasteiger partial charge in [-0.15, -0.1) is 5.10 Å². The fourth-order valence-corrected chi connectivity index (χ4v) is 2.03. The molecule has 0 aromatic carbocycles. The summed E-state index contributed by atoms with van der Waals surface area (Å²) in [5.41, 5.74) is 0.997. The summed E-state index contributed by atoms with van der Waals surface area (Å²) >= 11 is 0. The summed E-state index contributed by atoms with van der Waals surface area (Å²) in [5, 5.41) is 11.6. The SMILES string of the molecule is CNCc1ccc(N2CCC(C)CC2)nn1. The molecule has 2 heterocycles. The molecule has 1 saturated heterocycles. The third kappa shape index (κ3) is 2.70. The van der Waals surface area contributed by atoms with Crippen molar-refractivity contribution in [2.24, 2.45) is 5.92 Å². The van der Waals surface area contributed by atoms with Crippen molar-refractivity contribution in [1.82, 2.24) is 15.5 Å². The van der Waals surface area contributed by atoms with E-state index in [1.807, 2.05) is 7.05 Å². The van der Waals surface area contributed by atoms with Gasteiger partial charge in [0.1, 0.15) is 0 Å². The number of nitrogens with zero attached hydrogens (tertiary/aromatic N) is 3. The lowest BCUT2D eigenvalue weighted by atomic mass is 9.99. The first-order valence-electron chi connectivity index (χ1n) is 6.01. The topological polar surface area (TPSA) is 41.0 Å². The number of piperidine rings is 1. The zero-order valence-electron chi connectivity index (χ0n) is 10.1. The van der Waals surface area contributed by atoms with E-state index < -0.39 is 0 Å². The first-order valence-corrected chi connectivity index (χ1v) is 6.01. The van der Waals surface area contributed by atoms with Crippen LogP contribution in [0.25, 0.3) is 0 Å². The molecule has 1 aromatic heterocycles. The molecule has 1 N–H and O–H groups in total. The first kappa shape index (κ1) is 11.3. The number of aromatic nitrogens is 2. The maximum Gasteiger partial charge on any atom is 0.151 e. The molecule has 1 aliphatic heterocycles. The quantitative estimate of drug-likeness (QED) is 0.836. The van der Waals surface area contributed by atoms with Gasteiger partial charge in [-0.1, -0.05) is 6.92 Å². The Morgan fingerprint density at radius 1 is 1.31 bits per heavy atom. The second-order valence-corrected chi connectivity index (χ2v) is 4.58. The molecule has 0 spiro atoms. The maximum absolute atomic E-state index is 4.28. The monoisotopic (exact) mass is 220 g/mol. The molecule has 0 saturated carbocycles. The highest BCUT2D eigenvalue weighted by atomic mass is 15.3. The molecule has 1 aliphatic rings. The third-order valence-electron chi connectivity index (χ3n) is 3.17. The van der Waals surface area contributed by atoms with E-state index in [1.165, 1.54) is 12.8 Å². The molecular formula is C12H20N4. The van der Waals surface area contributed by atoms with Crippen LogP contribution in [0.3, 0.4) is 0 Å². The second kappa shape index (κ2) is 5.25. The molecule has 16 heavy (non-hydrogen) atoms. The van der Waals surface area contributed by atoms with E-state index in [1.54, 1.807) is 0 Å². The van der Waals surface area contributed by atoms with Crippen LogP contribution in [0, 0.1) is 5.92 Å². The van der Waals surface area contributed by atoms with Crippen molar-refractivity contribution < 1.29 is 0 Å². The van der Waals surface area contributed by atoms with Crippen molar-refractivity contribution in [2.45, 2.75) is 26.3 Å². The van der Waals surface area contributed by atoms with Gasteiger partial charge in [0.25, 0.3) is 0 Å². The van der Waals surface area contributed by atoms with Crippen LogP contribution in [-0.4, -0.2) is 30.3 Å². The van der Waals surface area contributed by atoms with Crippen LogP contribution in [0.4, 0.5) is 5.82 Å². The van der Waals surface area contributed by atoms with E-state index in [4.69, 9.17) is 0 Å². The minimum Gasteiger partial charge on any atom is -0.355 e. The molecule has 0 atom stereocenters. The molecule has 2 rings (SSSR count). The van der Waals surface area contributed by atoms with Gasteiger partial charge in [-0.05, 0) is 37.9 Å². The Morgan fingerprint density at radius 2 is 2.06 bits per heavy atom. The number of hydrogen-bond donors (Lipinski definition) is 1. The largest absolute Gasteiger partial charge is 0.355 e. The Kier molecular flexibility index (Phi) is 3.72. The predicted octanol–water partition coefficient (Wildman–Crippen LogP) is 1.43. The molecule has 4 nitrogen and oxygen atoms in total. The van der Waals surface area contributed by atoms with E-state index in [-0.39, 0.29) is 0 Å². The molecule has 4 heteroatoms. The van der Waals surface area contributed by atoms with Crippen LogP contribution in [0.2, 0.25) is 0 Å². The van der Waals surface area contributed by atoms with Crippen molar-refractivity contribution in [3.05, 3.63) is 17.8 Å². The molecule has 1 fully saturated rings. The molecule has 88 valence electrons. The number of nitrogens with one attached hydrogen (secondary N) is 1. The van der Waals surface area contributed by atoms with E-state index in [0.29, 0.717) is 0 Å². The smallest absolute Gasteiger partial charge is 0.151 e. The van der Waals surface area contributed by atoms with Crippen LogP contribution in [0.15, 0.2) is 12.1 Å². The summed E-state index contributed by atoms with van der Waals surface area (Å²) in [7, 11) is 1.92. The normalized spacial score (nSPS) is 17.8. The second-order valence-electron chi connectivity index (χ2n) is 4.58. The summed E-state index contributed by atoms with van der Waals surface area (Å²) in [6, 6.07) is 4.13. The van der Waals surface area contributed by atoms with Crippen molar-refractivity contribution >= 4 is 5.82 Å². The molecule has 0 unspecified atom stereocenters. The molecule has 0 amide bonds. The minimum absolute atomic E-state index is 0.782. The van der Waals surface area contributed by atoms with Gasteiger partial charge in [-0.2, -0.15) is 5.10 Å². The fraction of sp³-hybridized carbons (Fsp3) is 0.667. The number of rotatable bonds is 3. The third-order valence-corrected chi connectivity index (χ3v) is 3.17. The van der Waals surface area contributed by atoms with Gasteiger partial charge in [-0.25, -0.2) is 0 Å². The van der Waals surface area contributed by atoms with Crippen LogP contribution in [0.1, 0.15) is 25.5 Å².